The molecule has 2 aliphatic rings. The normalized spacial score (nSPS) is 25.7. The molecule has 25 heavy (non-hydrogen) atoms. The monoisotopic (exact) mass is 336 g/mol. The topological polar surface area (TPSA) is 41.6 Å². The van der Waals surface area contributed by atoms with Gasteiger partial charge >= 0.3 is 0 Å². The Bertz CT molecular complexity index is 747. The molecule has 2 aromatic carbocycles. The van der Waals surface area contributed by atoms with E-state index in [1.54, 1.807) is 0 Å². The lowest BCUT2D eigenvalue weighted by molar-refractivity contribution is -0.123. The van der Waals surface area contributed by atoms with Crippen LogP contribution in [0.2, 0.25) is 0 Å². The zero-order chi connectivity index (χ0) is 17.2. The first kappa shape index (κ1) is 16.3. The van der Waals surface area contributed by atoms with Crippen molar-refractivity contribution in [3.8, 4) is 0 Å². The van der Waals surface area contributed by atoms with Crippen molar-refractivity contribution in [2.75, 3.05) is 18.4 Å². The summed E-state index contributed by atoms with van der Waals surface area (Å²) in [6, 6.07) is 18.2. The van der Waals surface area contributed by atoms with Gasteiger partial charge in [0.2, 0.25) is 5.91 Å². The zero-order valence-electron chi connectivity index (χ0n) is 14.5. The smallest absolute Gasteiger partial charge is 0.230 e. The zero-order valence-corrected chi connectivity index (χ0v) is 14.5. The molecular weight excluding hydrogens is 312 g/mol. The van der Waals surface area contributed by atoms with Crippen LogP contribution in [-0.2, 0) is 16.1 Å². The van der Waals surface area contributed by atoms with Crippen molar-refractivity contribution in [2.24, 2.45) is 5.92 Å². The van der Waals surface area contributed by atoms with Crippen LogP contribution in [0.5, 0.6) is 0 Å². The van der Waals surface area contributed by atoms with E-state index in [0.29, 0.717) is 0 Å². The van der Waals surface area contributed by atoms with Gasteiger partial charge in [-0.15, -0.1) is 0 Å². The van der Waals surface area contributed by atoms with Crippen LogP contribution in [0.4, 0.5) is 5.69 Å². The number of hydrogen-bond acceptors (Lipinski definition) is 3. The highest BCUT2D eigenvalue weighted by molar-refractivity contribution is 5.93. The number of nitrogens with zero attached hydrogens (tertiary/aromatic N) is 1. The van der Waals surface area contributed by atoms with Gasteiger partial charge in [0.25, 0.3) is 0 Å². The van der Waals surface area contributed by atoms with E-state index in [-0.39, 0.29) is 24.0 Å². The van der Waals surface area contributed by atoms with Gasteiger partial charge in [0, 0.05) is 25.3 Å². The number of fused-ring (bicyclic) bond motifs is 2. The average molecular weight is 336 g/mol. The maximum Gasteiger partial charge on any atom is 0.230 e. The fourth-order valence-electron chi connectivity index (χ4n) is 3.93. The SMILES string of the molecule is Cc1ccccc1CN1C[C@H]2C[C@H](C(=O)Nc3ccccc3)[C@@H](C1)O2. The number of likely N-dealkylation sites (tertiary alicyclic amines) is 1. The van der Waals surface area contributed by atoms with Crippen LogP contribution < -0.4 is 5.32 Å². The van der Waals surface area contributed by atoms with Crippen molar-refractivity contribution in [3.63, 3.8) is 0 Å². The molecule has 4 heteroatoms. The van der Waals surface area contributed by atoms with Crippen LogP contribution in [0.3, 0.4) is 0 Å². The van der Waals surface area contributed by atoms with Crippen LogP contribution in [-0.4, -0.2) is 36.1 Å². The molecule has 3 atom stereocenters. The van der Waals surface area contributed by atoms with Gasteiger partial charge in [0.1, 0.15) is 0 Å². The maximum absolute atomic E-state index is 12.7. The Labute approximate surface area is 148 Å². The second-order valence-corrected chi connectivity index (χ2v) is 7.11. The first-order valence-corrected chi connectivity index (χ1v) is 8.97. The Morgan fingerprint density at radius 3 is 2.68 bits per heavy atom. The fraction of sp³-hybridized carbons (Fsp3) is 0.381. The van der Waals surface area contributed by atoms with Crippen LogP contribution in [0.1, 0.15) is 17.5 Å². The van der Waals surface area contributed by atoms with Gasteiger partial charge in [-0.25, -0.2) is 0 Å². The first-order chi connectivity index (χ1) is 12.2. The molecule has 2 fully saturated rings. The summed E-state index contributed by atoms with van der Waals surface area (Å²) in [5, 5.41) is 3.03. The largest absolute Gasteiger partial charge is 0.371 e. The summed E-state index contributed by atoms with van der Waals surface area (Å²) in [5.41, 5.74) is 3.53. The molecule has 1 amide bonds. The Kier molecular flexibility index (Phi) is 4.55. The number of hydrogen-bond donors (Lipinski definition) is 1. The lowest BCUT2D eigenvalue weighted by atomic mass is 9.99. The molecule has 0 radical (unpaired) electrons. The average Bonchev–Trinajstić information content (AvgIpc) is 2.92. The van der Waals surface area contributed by atoms with E-state index in [9.17, 15) is 4.79 Å². The summed E-state index contributed by atoms with van der Waals surface area (Å²) in [4.78, 5) is 15.1. The van der Waals surface area contributed by atoms with E-state index < -0.39 is 0 Å². The summed E-state index contributed by atoms with van der Waals surface area (Å²) < 4.78 is 6.06. The Balaban J connectivity index is 1.40. The van der Waals surface area contributed by atoms with Gasteiger partial charge < -0.3 is 10.1 Å². The van der Waals surface area contributed by atoms with E-state index in [2.05, 4.69) is 41.4 Å². The number of benzene rings is 2. The molecule has 1 N–H and O–H groups in total. The second kappa shape index (κ2) is 6.98. The van der Waals surface area contributed by atoms with Crippen molar-refractivity contribution in [1.82, 2.24) is 4.90 Å². The number of carbonyl (C=O) groups excluding carboxylic acids is 1. The third-order valence-electron chi connectivity index (χ3n) is 5.27. The molecule has 0 spiro atoms. The minimum atomic E-state index is -0.0629. The molecular formula is C21H24N2O2. The van der Waals surface area contributed by atoms with Crippen molar-refractivity contribution in [3.05, 3.63) is 65.7 Å². The van der Waals surface area contributed by atoms with Gasteiger partial charge in [-0.05, 0) is 36.6 Å². The van der Waals surface area contributed by atoms with E-state index in [4.69, 9.17) is 4.74 Å². The van der Waals surface area contributed by atoms with Crippen molar-refractivity contribution in [1.29, 1.82) is 0 Å². The molecule has 0 aromatic heterocycles. The summed E-state index contributed by atoms with van der Waals surface area (Å²) in [6.45, 7) is 4.80. The Morgan fingerprint density at radius 1 is 1.12 bits per heavy atom. The number of rotatable bonds is 4. The van der Waals surface area contributed by atoms with Crippen LogP contribution in [0.15, 0.2) is 54.6 Å². The number of carbonyl (C=O) groups is 1. The van der Waals surface area contributed by atoms with Crippen molar-refractivity contribution >= 4 is 11.6 Å². The molecule has 0 aliphatic carbocycles. The number of morpholine rings is 1. The van der Waals surface area contributed by atoms with Crippen LogP contribution in [0, 0.1) is 12.8 Å². The fourth-order valence-corrected chi connectivity index (χ4v) is 3.93. The van der Waals surface area contributed by atoms with E-state index in [0.717, 1.165) is 31.7 Å². The molecule has 0 saturated carbocycles. The van der Waals surface area contributed by atoms with Gasteiger partial charge in [0.15, 0.2) is 0 Å². The van der Waals surface area contributed by atoms with Gasteiger partial charge in [0.05, 0.1) is 18.1 Å². The number of ether oxygens (including phenoxy) is 1. The van der Waals surface area contributed by atoms with Gasteiger partial charge in [-0.2, -0.15) is 0 Å². The van der Waals surface area contributed by atoms with Gasteiger partial charge in [-0.1, -0.05) is 42.5 Å². The van der Waals surface area contributed by atoms with E-state index >= 15 is 0 Å². The highest BCUT2D eigenvalue weighted by Gasteiger charge is 2.44. The van der Waals surface area contributed by atoms with Gasteiger partial charge in [-0.3, -0.25) is 9.69 Å². The van der Waals surface area contributed by atoms with Crippen molar-refractivity contribution < 1.29 is 9.53 Å². The predicted octanol–water partition coefficient (Wildman–Crippen LogP) is 3.22. The molecule has 4 nitrogen and oxygen atoms in total. The molecule has 2 aliphatic heterocycles. The second-order valence-electron chi connectivity index (χ2n) is 7.11. The Morgan fingerprint density at radius 2 is 1.88 bits per heavy atom. The van der Waals surface area contributed by atoms with Crippen LogP contribution in [0.25, 0.3) is 0 Å². The third kappa shape index (κ3) is 3.60. The first-order valence-electron chi connectivity index (χ1n) is 8.97. The Hall–Kier alpha value is -2.17. The summed E-state index contributed by atoms with van der Waals surface area (Å²) >= 11 is 0. The number of amides is 1. The number of anilines is 1. The lowest BCUT2D eigenvalue weighted by Gasteiger charge is -2.33. The molecule has 4 rings (SSSR count). The lowest BCUT2D eigenvalue weighted by Crippen LogP contribution is -2.44. The van der Waals surface area contributed by atoms with E-state index in [1.165, 1.54) is 11.1 Å². The minimum Gasteiger partial charge on any atom is -0.371 e. The molecule has 2 saturated heterocycles. The molecule has 0 unspecified atom stereocenters. The molecule has 2 heterocycles. The van der Waals surface area contributed by atoms with Crippen LogP contribution >= 0.6 is 0 Å². The number of aryl methyl sites for hydroxylation is 1. The molecule has 2 bridgehead atoms. The highest BCUT2D eigenvalue weighted by atomic mass is 16.5. The quantitative estimate of drug-likeness (QED) is 0.932. The number of nitrogens with one attached hydrogen (secondary N) is 1. The standard InChI is InChI=1S/C21H24N2O2/c1-15-7-5-6-8-16(15)12-23-13-18-11-19(20(14-23)25-18)21(24)22-17-9-3-2-4-10-17/h2-10,18-20H,11-14H2,1H3,(H,22,24)/t18-,19+,20-/m1/s1. The number of para-hydroxylation sites is 1. The molecule has 130 valence electrons. The minimum absolute atomic E-state index is 0.00789. The summed E-state index contributed by atoms with van der Waals surface area (Å²) in [6.07, 6.45) is 0.967. The maximum atomic E-state index is 12.7. The van der Waals surface area contributed by atoms with E-state index in [1.807, 2.05) is 30.3 Å². The highest BCUT2D eigenvalue weighted by Crippen LogP contribution is 2.33. The summed E-state index contributed by atoms with van der Waals surface area (Å²) in [7, 11) is 0. The predicted molar refractivity (Wildman–Crippen MR) is 98.3 cm³/mol. The molecule has 2 aromatic rings. The third-order valence-corrected chi connectivity index (χ3v) is 5.27. The summed E-state index contributed by atoms with van der Waals surface area (Å²) in [5.74, 6) is 0.0171. The van der Waals surface area contributed by atoms with Crippen molar-refractivity contribution in [2.45, 2.75) is 32.1 Å².